The first-order valence-corrected chi connectivity index (χ1v) is 22.8. The third-order valence-corrected chi connectivity index (χ3v) is 17.3. The first-order chi connectivity index (χ1) is 28.5. The van der Waals surface area contributed by atoms with E-state index < -0.39 is 105 Å². The molecule has 5 aliphatic heterocycles. The summed E-state index contributed by atoms with van der Waals surface area (Å²) in [5.74, 6) is 2.12. The van der Waals surface area contributed by atoms with Gasteiger partial charge in [0.2, 0.25) is 0 Å². The fourth-order valence-corrected chi connectivity index (χ4v) is 13.9. The summed E-state index contributed by atoms with van der Waals surface area (Å²) in [5.41, 5.74) is 1.55. The number of aliphatic hydroxyl groups excluding tert-OH is 8. The Morgan fingerprint density at radius 1 is 0.700 bits per heavy atom. The lowest BCUT2D eigenvalue weighted by molar-refractivity contribution is -0.388. The average Bonchev–Trinajstić information content (AvgIpc) is 3.67. The van der Waals surface area contributed by atoms with Crippen LogP contribution in [-0.4, -0.2) is 164 Å². The molecule has 5 heterocycles. The van der Waals surface area contributed by atoms with Gasteiger partial charge in [-0.15, -0.1) is 0 Å². The summed E-state index contributed by atoms with van der Waals surface area (Å²) >= 11 is 0. The molecule has 60 heavy (non-hydrogen) atoms. The average molecular weight is 855 g/mol. The highest BCUT2D eigenvalue weighted by molar-refractivity contribution is 5.26. The minimum Gasteiger partial charge on any atom is -0.394 e. The molecule has 16 nitrogen and oxygen atoms in total. The summed E-state index contributed by atoms with van der Waals surface area (Å²) in [6, 6.07) is 0. The van der Waals surface area contributed by atoms with Crippen molar-refractivity contribution in [3.63, 3.8) is 0 Å². The third-order valence-electron chi connectivity index (χ3n) is 17.3. The Balaban J connectivity index is 0.920. The normalized spacial score (nSPS) is 57.9. The monoisotopic (exact) mass is 854 g/mol. The van der Waals surface area contributed by atoms with Gasteiger partial charge in [0.25, 0.3) is 0 Å². The predicted octanol–water partition coefficient (Wildman–Crippen LogP) is 0.996. The zero-order valence-electron chi connectivity index (χ0n) is 35.6. The molecule has 5 saturated heterocycles. The molecular formula is C44H70O16. The Bertz CT molecular complexity index is 1560. The van der Waals surface area contributed by atoms with Gasteiger partial charge in [-0.25, -0.2) is 0 Å². The van der Waals surface area contributed by atoms with E-state index >= 15 is 0 Å². The predicted molar refractivity (Wildman–Crippen MR) is 208 cm³/mol. The van der Waals surface area contributed by atoms with Gasteiger partial charge in [0.15, 0.2) is 24.7 Å². The number of ether oxygens (including phenoxy) is 8. The van der Waals surface area contributed by atoms with Crippen molar-refractivity contribution in [1.29, 1.82) is 0 Å². The molecule has 0 bridgehead atoms. The van der Waals surface area contributed by atoms with Crippen LogP contribution in [0, 0.1) is 40.4 Å². The summed E-state index contributed by atoms with van der Waals surface area (Å²) in [4.78, 5) is 0. The second-order valence-electron chi connectivity index (χ2n) is 20.4. The van der Waals surface area contributed by atoms with Crippen molar-refractivity contribution in [3.8, 4) is 0 Å². The largest absolute Gasteiger partial charge is 0.394 e. The Labute approximate surface area is 352 Å². The highest BCUT2D eigenvalue weighted by Gasteiger charge is 2.68. The minimum atomic E-state index is -1.71. The van der Waals surface area contributed by atoms with Crippen molar-refractivity contribution in [2.75, 3.05) is 13.2 Å². The minimum absolute atomic E-state index is 0.0132. The molecule has 0 aromatic carbocycles. The molecule has 8 fully saturated rings. The van der Waals surface area contributed by atoms with Gasteiger partial charge in [-0.1, -0.05) is 32.4 Å². The zero-order valence-corrected chi connectivity index (χ0v) is 35.6. The van der Waals surface area contributed by atoms with E-state index in [0.29, 0.717) is 42.4 Å². The lowest BCUT2D eigenvalue weighted by atomic mass is 9.47. The topological polar surface area (TPSA) is 236 Å². The second kappa shape index (κ2) is 16.5. The molecule has 9 rings (SSSR count). The molecule has 342 valence electrons. The van der Waals surface area contributed by atoms with Crippen LogP contribution in [0.4, 0.5) is 0 Å². The van der Waals surface area contributed by atoms with Crippen LogP contribution in [0.25, 0.3) is 0 Å². The zero-order chi connectivity index (χ0) is 42.6. The van der Waals surface area contributed by atoms with Crippen LogP contribution in [0.5, 0.6) is 0 Å². The standard InChI is InChI=1S/C44H70O16/c1-19-29-27(60-44(19)12-6-7-15-53-44)17-26-24-9-8-22-16-23(10-13-42(22,4)25(24)11-14-43(26,29)5)56-41-38(59-40-35(51)33(49)31(47)21(3)55-40)36(52)37(28(18-45)57-41)58-39-34(50)32(48)30(46)20(2)54-39/h8,19-21,23-41,45-52H,6-7,9-18H2,1-5H3/t19-,20-,21-,23-,24+,25-,26-,27-,28+,29-,30-,31-,32+,33+,34+,35+,36-,37+,38+,39-,40-,41+,42-,43-,44+/m0/s1. The van der Waals surface area contributed by atoms with Crippen molar-refractivity contribution in [3.05, 3.63) is 11.6 Å². The van der Waals surface area contributed by atoms with E-state index in [1.807, 2.05) is 0 Å². The molecule has 16 heteroatoms. The summed E-state index contributed by atoms with van der Waals surface area (Å²) in [6.07, 6.45) is -9.18. The first-order valence-electron chi connectivity index (χ1n) is 22.8. The summed E-state index contributed by atoms with van der Waals surface area (Å²) < 4.78 is 50.0. The number of fused-ring (bicyclic) bond motifs is 7. The number of hydrogen-bond donors (Lipinski definition) is 8. The molecule has 4 aliphatic carbocycles. The van der Waals surface area contributed by atoms with Gasteiger partial charge in [0, 0.05) is 12.3 Å². The van der Waals surface area contributed by atoms with E-state index in [1.54, 1.807) is 0 Å². The Kier molecular flexibility index (Phi) is 12.2. The van der Waals surface area contributed by atoms with Crippen LogP contribution in [0.2, 0.25) is 0 Å². The van der Waals surface area contributed by atoms with Crippen molar-refractivity contribution < 1.29 is 78.7 Å². The first kappa shape index (κ1) is 44.3. The fourth-order valence-electron chi connectivity index (χ4n) is 13.9. The van der Waals surface area contributed by atoms with E-state index in [4.69, 9.17) is 37.9 Å². The van der Waals surface area contributed by atoms with Crippen LogP contribution in [0.1, 0.15) is 98.8 Å². The van der Waals surface area contributed by atoms with E-state index in [9.17, 15) is 40.9 Å². The quantitative estimate of drug-likeness (QED) is 0.167. The SMILES string of the molecule is C[C@@H]1O[C@@H](O[C@H]2[C@H](O[C@H]3CC[C@@]4(C)C(=CC[C@H]5[C@@H]6C[C@@H]7O[C@]8(CCCCO8)[C@@H](C)[C@@H]7[C@@]6(C)CC[C@@H]54)C3)O[C@H](CO)[C@@H](O[C@@H]3O[C@@H](C)[C@H](O)[C@@H](O)[C@H]3O)[C@@H]2O)[C@H](O)[C@H](O)[C@H]1O. The Morgan fingerprint density at radius 3 is 2.00 bits per heavy atom. The van der Waals surface area contributed by atoms with Crippen LogP contribution in [0.3, 0.4) is 0 Å². The smallest absolute Gasteiger partial charge is 0.187 e. The molecule has 0 aromatic heterocycles. The maximum absolute atomic E-state index is 12.0. The molecule has 25 atom stereocenters. The van der Waals surface area contributed by atoms with Gasteiger partial charge in [-0.05, 0) is 106 Å². The van der Waals surface area contributed by atoms with Crippen LogP contribution >= 0.6 is 0 Å². The van der Waals surface area contributed by atoms with E-state index in [1.165, 1.54) is 25.8 Å². The van der Waals surface area contributed by atoms with Gasteiger partial charge in [-0.3, -0.25) is 0 Å². The highest BCUT2D eigenvalue weighted by atomic mass is 16.8. The van der Waals surface area contributed by atoms with Crippen LogP contribution in [0.15, 0.2) is 11.6 Å². The molecule has 1 spiro atoms. The fraction of sp³-hybridized carbons (Fsp3) is 0.955. The number of rotatable bonds is 7. The van der Waals surface area contributed by atoms with Gasteiger partial charge < -0.3 is 78.7 Å². The van der Waals surface area contributed by atoms with Gasteiger partial charge in [0.1, 0.15) is 61.0 Å². The van der Waals surface area contributed by atoms with E-state index in [-0.39, 0.29) is 23.0 Å². The summed E-state index contributed by atoms with van der Waals surface area (Å²) in [7, 11) is 0. The highest BCUT2D eigenvalue weighted by Crippen LogP contribution is 2.70. The molecule has 0 unspecified atom stereocenters. The lowest BCUT2D eigenvalue weighted by Crippen LogP contribution is -2.66. The maximum Gasteiger partial charge on any atom is 0.187 e. The number of hydrogen-bond acceptors (Lipinski definition) is 16. The maximum atomic E-state index is 12.0. The van der Waals surface area contributed by atoms with Crippen molar-refractivity contribution in [2.45, 2.75) is 209 Å². The van der Waals surface area contributed by atoms with Gasteiger partial charge in [0.05, 0.1) is 37.6 Å². The molecule has 0 radical (unpaired) electrons. The van der Waals surface area contributed by atoms with Crippen molar-refractivity contribution >= 4 is 0 Å². The van der Waals surface area contributed by atoms with Crippen LogP contribution in [-0.2, 0) is 37.9 Å². The van der Waals surface area contributed by atoms with Crippen molar-refractivity contribution in [1.82, 2.24) is 0 Å². The Hall–Kier alpha value is -0.900. The van der Waals surface area contributed by atoms with Crippen LogP contribution < -0.4 is 0 Å². The molecular weight excluding hydrogens is 784 g/mol. The number of aliphatic hydroxyl groups is 8. The van der Waals surface area contributed by atoms with E-state index in [0.717, 1.165) is 51.6 Å². The third kappa shape index (κ3) is 7.10. The lowest BCUT2D eigenvalue weighted by Gasteiger charge is -2.58. The molecule has 0 aromatic rings. The molecule has 9 aliphatic rings. The molecule has 8 N–H and O–H groups in total. The van der Waals surface area contributed by atoms with Crippen molar-refractivity contribution in [2.24, 2.45) is 40.4 Å². The van der Waals surface area contributed by atoms with E-state index in [2.05, 4.69) is 26.8 Å². The number of allylic oxidation sites excluding steroid dienone is 1. The second-order valence-corrected chi connectivity index (χ2v) is 20.4. The van der Waals surface area contributed by atoms with Gasteiger partial charge in [-0.2, -0.15) is 0 Å². The molecule has 3 saturated carbocycles. The Morgan fingerprint density at radius 2 is 1.37 bits per heavy atom. The summed E-state index contributed by atoms with van der Waals surface area (Å²) in [5, 5.41) is 85.8. The molecule has 0 amide bonds. The van der Waals surface area contributed by atoms with Gasteiger partial charge >= 0.3 is 0 Å². The summed E-state index contributed by atoms with van der Waals surface area (Å²) in [6.45, 7) is 10.5.